The van der Waals surface area contributed by atoms with Gasteiger partial charge in [-0.15, -0.1) is 0 Å². The maximum atomic E-state index is 13.9. The van der Waals surface area contributed by atoms with Gasteiger partial charge in [-0.1, -0.05) is 42.5 Å². The van der Waals surface area contributed by atoms with Gasteiger partial charge in [0, 0.05) is 17.2 Å². The van der Waals surface area contributed by atoms with E-state index >= 15 is 0 Å². The first-order valence-electron chi connectivity index (χ1n) is 10.9. The van der Waals surface area contributed by atoms with Gasteiger partial charge in [0.15, 0.2) is 0 Å². The summed E-state index contributed by atoms with van der Waals surface area (Å²) in [6.07, 6.45) is 1.40. The Labute approximate surface area is 209 Å². The van der Waals surface area contributed by atoms with E-state index in [1.165, 1.54) is 22.5 Å². The number of nitrogens with two attached hydrogens (primary N) is 2. The van der Waals surface area contributed by atoms with Crippen LogP contribution in [0.25, 0.3) is 11.1 Å². The van der Waals surface area contributed by atoms with Crippen LogP contribution in [0, 0.1) is 5.41 Å². The monoisotopic (exact) mass is 530 g/mol. The lowest BCUT2D eigenvalue weighted by Crippen LogP contribution is -2.42. The minimum Gasteiger partial charge on any atom is -0.384 e. The number of benzene rings is 3. The van der Waals surface area contributed by atoms with Crippen LogP contribution in [-0.4, -0.2) is 40.2 Å². The predicted octanol–water partition coefficient (Wildman–Crippen LogP) is 3.38. The maximum Gasteiger partial charge on any atom is 0.264 e. The highest BCUT2D eigenvalue weighted by Crippen LogP contribution is 2.34. The first kappa shape index (κ1) is 25.2. The van der Waals surface area contributed by atoms with Crippen molar-refractivity contribution in [1.82, 2.24) is 0 Å². The number of sulfonamides is 2. The molecule has 5 N–H and O–H groups in total. The molecule has 4 rings (SSSR count). The Bertz CT molecular complexity index is 1450. The number of nitrogens with one attached hydrogen (secondary N) is 1. The number of anilines is 1. The molecule has 0 amide bonds. The number of primary sulfonamides is 1. The minimum absolute atomic E-state index is 0.00239. The summed E-state index contributed by atoms with van der Waals surface area (Å²) in [5, 5.41) is 13.1. The number of thioether (sulfide) groups is 1. The third-order valence-corrected chi connectivity index (χ3v) is 9.75. The third-order valence-electron chi connectivity index (χ3n) is 5.85. The Hall–Kier alpha value is -2.86. The van der Waals surface area contributed by atoms with Gasteiger partial charge in [0.1, 0.15) is 5.84 Å². The van der Waals surface area contributed by atoms with E-state index in [-0.39, 0.29) is 21.7 Å². The Morgan fingerprint density at radius 3 is 2.20 bits per heavy atom. The molecular formula is C24H26N4O4S3. The van der Waals surface area contributed by atoms with Gasteiger partial charge >= 0.3 is 0 Å². The van der Waals surface area contributed by atoms with Crippen molar-refractivity contribution in [1.29, 1.82) is 5.41 Å². The fourth-order valence-electron chi connectivity index (χ4n) is 4.14. The molecule has 3 aromatic rings. The zero-order valence-corrected chi connectivity index (χ0v) is 21.2. The van der Waals surface area contributed by atoms with Crippen molar-refractivity contribution in [3.63, 3.8) is 0 Å². The Balaban J connectivity index is 1.79. The molecule has 11 heteroatoms. The molecule has 1 saturated heterocycles. The van der Waals surface area contributed by atoms with Gasteiger partial charge in [-0.2, -0.15) is 11.8 Å². The van der Waals surface area contributed by atoms with Crippen LogP contribution in [0.15, 0.2) is 82.6 Å². The number of hydrogen-bond donors (Lipinski definition) is 3. The van der Waals surface area contributed by atoms with Crippen LogP contribution in [0.3, 0.4) is 0 Å². The molecule has 1 aliphatic rings. The molecule has 3 aromatic carbocycles. The molecule has 0 spiro atoms. The van der Waals surface area contributed by atoms with Gasteiger partial charge in [0.05, 0.1) is 15.5 Å². The molecule has 1 aliphatic heterocycles. The zero-order chi connectivity index (χ0) is 25.2. The largest absolute Gasteiger partial charge is 0.384 e. The Kier molecular flexibility index (Phi) is 7.22. The second-order valence-electron chi connectivity index (χ2n) is 8.17. The lowest BCUT2D eigenvalue weighted by atomic mass is 10.0. The number of hydrogen-bond acceptors (Lipinski definition) is 6. The second kappa shape index (κ2) is 10.0. The van der Waals surface area contributed by atoms with Crippen molar-refractivity contribution >= 4 is 43.3 Å². The van der Waals surface area contributed by atoms with Gasteiger partial charge in [-0.3, -0.25) is 9.71 Å². The molecule has 0 radical (unpaired) electrons. The summed E-state index contributed by atoms with van der Waals surface area (Å²) in [6, 6.07) is 19.0. The standard InChI is InChI=1S/C24H26N4O4S3/c25-24(26)18-4-3-5-21(16-18)35(31,32)28(20-12-14-33-15-13-20)19-10-8-17(9-11-19)22-6-1-2-7-23(22)34(27,29)30/h1-11,16,20H,12-15H2,(H3,25,26)(H2,27,29,30). The summed E-state index contributed by atoms with van der Waals surface area (Å²) in [4.78, 5) is 0.0645. The third kappa shape index (κ3) is 5.37. The minimum atomic E-state index is -3.96. The highest BCUT2D eigenvalue weighted by molar-refractivity contribution is 7.99. The molecule has 1 heterocycles. The van der Waals surface area contributed by atoms with Gasteiger partial charge in [0.2, 0.25) is 10.0 Å². The molecular weight excluding hydrogens is 504 g/mol. The Morgan fingerprint density at radius 2 is 1.57 bits per heavy atom. The summed E-state index contributed by atoms with van der Waals surface area (Å²) >= 11 is 1.79. The van der Waals surface area contributed by atoms with Crippen LogP contribution >= 0.6 is 11.8 Å². The van der Waals surface area contributed by atoms with Crippen LogP contribution in [-0.2, 0) is 20.0 Å². The van der Waals surface area contributed by atoms with Gasteiger partial charge < -0.3 is 5.73 Å². The van der Waals surface area contributed by atoms with E-state index in [9.17, 15) is 16.8 Å². The SMILES string of the molecule is N=C(N)c1cccc(S(=O)(=O)N(c2ccc(-c3ccccc3S(N)(=O)=O)cc2)C2CCSCC2)c1. The summed E-state index contributed by atoms with van der Waals surface area (Å²) in [6.45, 7) is 0. The number of amidine groups is 1. The normalized spacial score (nSPS) is 15.0. The van der Waals surface area contributed by atoms with E-state index < -0.39 is 20.0 Å². The molecule has 0 atom stereocenters. The Morgan fingerprint density at radius 1 is 0.914 bits per heavy atom. The van der Waals surface area contributed by atoms with Crippen LogP contribution < -0.4 is 15.2 Å². The molecule has 0 aromatic heterocycles. The van der Waals surface area contributed by atoms with E-state index in [0.29, 0.717) is 35.2 Å². The number of rotatable bonds is 7. The lowest BCUT2D eigenvalue weighted by molar-refractivity contribution is 0.560. The zero-order valence-electron chi connectivity index (χ0n) is 18.8. The van der Waals surface area contributed by atoms with Crippen molar-refractivity contribution < 1.29 is 16.8 Å². The number of nitrogens with zero attached hydrogens (tertiary/aromatic N) is 1. The molecule has 184 valence electrons. The first-order valence-corrected chi connectivity index (χ1v) is 15.0. The van der Waals surface area contributed by atoms with Crippen molar-refractivity contribution in [2.45, 2.75) is 28.7 Å². The highest BCUT2D eigenvalue weighted by Gasteiger charge is 2.33. The van der Waals surface area contributed by atoms with Crippen molar-refractivity contribution in [3.8, 4) is 11.1 Å². The molecule has 8 nitrogen and oxygen atoms in total. The van der Waals surface area contributed by atoms with Crippen molar-refractivity contribution in [3.05, 3.63) is 78.4 Å². The molecule has 0 unspecified atom stereocenters. The van der Waals surface area contributed by atoms with Gasteiger partial charge in [-0.05, 0) is 60.2 Å². The van der Waals surface area contributed by atoms with E-state index in [4.69, 9.17) is 16.3 Å². The highest BCUT2D eigenvalue weighted by atomic mass is 32.2. The number of nitrogen functional groups attached to an aromatic ring is 1. The van der Waals surface area contributed by atoms with E-state index in [2.05, 4.69) is 0 Å². The van der Waals surface area contributed by atoms with Crippen LogP contribution in [0.1, 0.15) is 18.4 Å². The van der Waals surface area contributed by atoms with E-state index in [0.717, 1.165) is 11.5 Å². The molecule has 0 saturated carbocycles. The molecule has 0 aliphatic carbocycles. The summed E-state index contributed by atoms with van der Waals surface area (Å²) in [7, 11) is -7.89. The summed E-state index contributed by atoms with van der Waals surface area (Å²) < 4.78 is 53.2. The first-order chi connectivity index (χ1) is 16.6. The topological polar surface area (TPSA) is 147 Å². The molecule has 1 fully saturated rings. The second-order valence-corrected chi connectivity index (χ2v) is 12.7. The van der Waals surface area contributed by atoms with Crippen molar-refractivity contribution in [2.75, 3.05) is 15.8 Å². The van der Waals surface area contributed by atoms with Gasteiger partial charge in [0.25, 0.3) is 10.0 Å². The average Bonchev–Trinajstić information content (AvgIpc) is 2.85. The van der Waals surface area contributed by atoms with Crippen LogP contribution in [0.5, 0.6) is 0 Å². The predicted molar refractivity (Wildman–Crippen MR) is 141 cm³/mol. The fraction of sp³-hybridized carbons (Fsp3) is 0.208. The van der Waals surface area contributed by atoms with Crippen molar-refractivity contribution in [2.24, 2.45) is 10.9 Å². The fourth-order valence-corrected chi connectivity index (χ4v) is 7.74. The van der Waals surface area contributed by atoms with Gasteiger partial charge in [-0.25, -0.2) is 22.0 Å². The smallest absolute Gasteiger partial charge is 0.264 e. The summed E-state index contributed by atoms with van der Waals surface area (Å²) in [5.74, 6) is 1.49. The lowest BCUT2D eigenvalue weighted by Gasteiger charge is -2.35. The molecule has 0 bridgehead atoms. The average molecular weight is 531 g/mol. The van der Waals surface area contributed by atoms with E-state index in [1.807, 2.05) is 0 Å². The van der Waals surface area contributed by atoms with Crippen LogP contribution in [0.4, 0.5) is 5.69 Å². The molecule has 35 heavy (non-hydrogen) atoms. The van der Waals surface area contributed by atoms with E-state index in [1.54, 1.807) is 66.4 Å². The van der Waals surface area contributed by atoms with Crippen LogP contribution in [0.2, 0.25) is 0 Å². The summed E-state index contributed by atoms with van der Waals surface area (Å²) in [5.41, 5.74) is 7.45. The quantitative estimate of drug-likeness (QED) is 0.315. The maximum absolute atomic E-state index is 13.9.